The Balaban J connectivity index is 1.90. The van der Waals surface area contributed by atoms with E-state index in [-0.39, 0.29) is 0 Å². The first kappa shape index (κ1) is 14.6. The lowest BCUT2D eigenvalue weighted by atomic mass is 10.3. The number of rotatable bonds is 4. The van der Waals surface area contributed by atoms with Gasteiger partial charge < -0.3 is 9.30 Å². The van der Waals surface area contributed by atoms with Gasteiger partial charge in [-0.2, -0.15) is 0 Å². The fraction of sp³-hybridized carbons (Fsp3) is 0.0556. The van der Waals surface area contributed by atoms with Crippen LogP contribution in [0.3, 0.4) is 0 Å². The number of ether oxygens (including phenoxy) is 1. The van der Waals surface area contributed by atoms with Gasteiger partial charge in [-0.15, -0.1) is 0 Å². The Labute approximate surface area is 138 Å². The van der Waals surface area contributed by atoms with E-state index in [0.717, 1.165) is 27.3 Å². The zero-order valence-corrected chi connectivity index (χ0v) is 13.7. The van der Waals surface area contributed by atoms with Crippen molar-refractivity contribution in [1.82, 2.24) is 4.57 Å². The molecule has 0 spiro atoms. The van der Waals surface area contributed by atoms with Crippen LogP contribution in [0.4, 0.5) is 5.69 Å². The third kappa shape index (κ3) is 3.28. The van der Waals surface area contributed by atoms with Gasteiger partial charge in [-0.05, 0) is 42.5 Å². The van der Waals surface area contributed by atoms with Gasteiger partial charge in [0, 0.05) is 22.4 Å². The van der Waals surface area contributed by atoms with Crippen molar-refractivity contribution in [1.29, 1.82) is 0 Å². The maximum absolute atomic E-state index is 5.21. The van der Waals surface area contributed by atoms with E-state index in [4.69, 9.17) is 4.74 Å². The second-order valence-corrected chi connectivity index (χ2v) is 5.66. The molecule has 0 unspecified atom stereocenters. The Morgan fingerprint density at radius 3 is 2.73 bits per heavy atom. The fourth-order valence-electron chi connectivity index (χ4n) is 2.19. The monoisotopic (exact) mass is 354 g/mol. The van der Waals surface area contributed by atoms with Crippen molar-refractivity contribution in [2.45, 2.75) is 0 Å². The zero-order chi connectivity index (χ0) is 15.4. The zero-order valence-electron chi connectivity index (χ0n) is 12.1. The molecule has 0 bridgehead atoms. The molecule has 2 aromatic carbocycles. The van der Waals surface area contributed by atoms with E-state index in [0.29, 0.717) is 0 Å². The predicted octanol–water partition coefficient (Wildman–Crippen LogP) is 5.00. The molecule has 0 aliphatic carbocycles. The van der Waals surface area contributed by atoms with Crippen LogP contribution in [0.15, 0.2) is 76.3 Å². The summed E-state index contributed by atoms with van der Waals surface area (Å²) in [5.74, 6) is 0.803. The van der Waals surface area contributed by atoms with Crippen molar-refractivity contribution in [3.8, 4) is 11.4 Å². The van der Waals surface area contributed by atoms with Crippen molar-refractivity contribution in [3.05, 3.63) is 77.0 Å². The number of benzene rings is 2. The molecule has 0 radical (unpaired) electrons. The quantitative estimate of drug-likeness (QED) is 0.605. The maximum atomic E-state index is 5.21. The van der Waals surface area contributed by atoms with Crippen LogP contribution in [0.1, 0.15) is 5.69 Å². The number of hydrogen-bond acceptors (Lipinski definition) is 2. The Morgan fingerprint density at radius 2 is 1.91 bits per heavy atom. The summed E-state index contributed by atoms with van der Waals surface area (Å²) in [5, 5.41) is 0. The molecule has 4 heteroatoms. The summed E-state index contributed by atoms with van der Waals surface area (Å²) in [4.78, 5) is 4.53. The van der Waals surface area contributed by atoms with E-state index in [2.05, 4.69) is 37.6 Å². The second-order valence-electron chi connectivity index (χ2n) is 4.74. The maximum Gasteiger partial charge on any atom is 0.121 e. The molecular formula is C18H15BrN2O. The minimum Gasteiger partial charge on any atom is -0.497 e. The van der Waals surface area contributed by atoms with Gasteiger partial charge >= 0.3 is 0 Å². The van der Waals surface area contributed by atoms with Gasteiger partial charge in [-0.3, -0.25) is 4.99 Å². The van der Waals surface area contributed by atoms with Gasteiger partial charge in [0.05, 0.1) is 24.7 Å². The van der Waals surface area contributed by atoms with Gasteiger partial charge in [0.1, 0.15) is 5.75 Å². The highest BCUT2D eigenvalue weighted by atomic mass is 79.9. The molecule has 3 rings (SSSR count). The van der Waals surface area contributed by atoms with Crippen LogP contribution in [0, 0.1) is 0 Å². The first-order chi connectivity index (χ1) is 10.8. The highest BCUT2D eigenvalue weighted by Crippen LogP contribution is 2.20. The molecule has 0 saturated heterocycles. The summed E-state index contributed by atoms with van der Waals surface area (Å²) >= 11 is 3.50. The first-order valence-corrected chi connectivity index (χ1v) is 7.67. The van der Waals surface area contributed by atoms with Crippen LogP contribution >= 0.6 is 15.9 Å². The van der Waals surface area contributed by atoms with Crippen LogP contribution in [-0.2, 0) is 0 Å². The average molecular weight is 355 g/mol. The normalized spacial score (nSPS) is 11.0. The molecule has 0 N–H and O–H groups in total. The van der Waals surface area contributed by atoms with Crippen molar-refractivity contribution < 1.29 is 4.74 Å². The lowest BCUT2D eigenvalue weighted by Crippen LogP contribution is -1.97. The molecule has 110 valence electrons. The molecule has 0 amide bonds. The van der Waals surface area contributed by atoms with Crippen LogP contribution < -0.4 is 4.74 Å². The number of methoxy groups -OCH3 is 1. The third-order valence-electron chi connectivity index (χ3n) is 3.27. The Kier molecular flexibility index (Phi) is 4.39. The van der Waals surface area contributed by atoms with Gasteiger partial charge in [-0.25, -0.2) is 0 Å². The van der Waals surface area contributed by atoms with Crippen molar-refractivity contribution in [2.24, 2.45) is 4.99 Å². The van der Waals surface area contributed by atoms with Gasteiger partial charge in [-0.1, -0.05) is 28.1 Å². The Bertz CT molecular complexity index is 808. The van der Waals surface area contributed by atoms with E-state index < -0.39 is 0 Å². The number of aromatic nitrogens is 1. The van der Waals surface area contributed by atoms with Crippen LogP contribution in [-0.4, -0.2) is 17.9 Å². The standard InChI is InChI=1S/C18H15BrN2O/c1-22-18-9-3-6-15(12-18)20-13-17-8-4-10-21(17)16-7-2-5-14(19)11-16/h2-13H,1H3. The molecule has 0 aliphatic rings. The van der Waals surface area contributed by atoms with Crippen LogP contribution in [0.25, 0.3) is 5.69 Å². The van der Waals surface area contributed by atoms with Crippen LogP contribution in [0.2, 0.25) is 0 Å². The summed E-state index contributed by atoms with van der Waals surface area (Å²) in [6.07, 6.45) is 3.88. The number of nitrogens with zero attached hydrogens (tertiary/aromatic N) is 2. The molecular weight excluding hydrogens is 340 g/mol. The summed E-state index contributed by atoms with van der Waals surface area (Å²) < 4.78 is 8.36. The molecule has 22 heavy (non-hydrogen) atoms. The van der Waals surface area contributed by atoms with E-state index >= 15 is 0 Å². The Hall–Kier alpha value is -2.33. The summed E-state index contributed by atoms with van der Waals surface area (Å²) in [7, 11) is 1.65. The molecule has 3 nitrogen and oxygen atoms in total. The first-order valence-electron chi connectivity index (χ1n) is 6.88. The minimum atomic E-state index is 0.803. The second kappa shape index (κ2) is 6.62. The number of hydrogen-bond donors (Lipinski definition) is 0. The lowest BCUT2D eigenvalue weighted by Gasteiger charge is -2.06. The predicted molar refractivity (Wildman–Crippen MR) is 93.7 cm³/mol. The van der Waals surface area contributed by atoms with Gasteiger partial charge in [0.2, 0.25) is 0 Å². The van der Waals surface area contributed by atoms with Crippen LogP contribution in [0.5, 0.6) is 5.75 Å². The van der Waals surface area contributed by atoms with Crippen molar-refractivity contribution in [3.63, 3.8) is 0 Å². The molecule has 1 heterocycles. The smallest absolute Gasteiger partial charge is 0.121 e. The molecule has 0 saturated carbocycles. The molecule has 0 aliphatic heterocycles. The van der Waals surface area contributed by atoms with Gasteiger partial charge in [0.15, 0.2) is 0 Å². The lowest BCUT2D eigenvalue weighted by molar-refractivity contribution is 0.415. The minimum absolute atomic E-state index is 0.803. The summed E-state index contributed by atoms with van der Waals surface area (Å²) in [6.45, 7) is 0. The van der Waals surface area contributed by atoms with Crippen molar-refractivity contribution in [2.75, 3.05) is 7.11 Å². The SMILES string of the molecule is COc1cccc(N=Cc2cccn2-c2cccc(Br)c2)c1. The van der Waals surface area contributed by atoms with E-state index in [9.17, 15) is 0 Å². The summed E-state index contributed by atoms with van der Waals surface area (Å²) in [5.41, 5.74) is 2.97. The summed E-state index contributed by atoms with van der Waals surface area (Å²) in [6, 6.07) is 19.9. The molecule has 0 fully saturated rings. The largest absolute Gasteiger partial charge is 0.497 e. The highest BCUT2D eigenvalue weighted by molar-refractivity contribution is 9.10. The third-order valence-corrected chi connectivity index (χ3v) is 3.76. The average Bonchev–Trinajstić information content (AvgIpc) is 3.02. The fourth-order valence-corrected chi connectivity index (χ4v) is 2.58. The van der Waals surface area contributed by atoms with E-state index in [1.54, 1.807) is 7.11 Å². The molecule has 3 aromatic rings. The van der Waals surface area contributed by atoms with E-state index in [1.807, 2.05) is 60.9 Å². The Morgan fingerprint density at radius 1 is 1.05 bits per heavy atom. The van der Waals surface area contributed by atoms with E-state index in [1.165, 1.54) is 0 Å². The topological polar surface area (TPSA) is 26.5 Å². The number of halogens is 1. The highest BCUT2D eigenvalue weighted by Gasteiger charge is 2.02. The molecule has 0 atom stereocenters. The van der Waals surface area contributed by atoms with Gasteiger partial charge in [0.25, 0.3) is 0 Å². The molecule has 1 aromatic heterocycles. The number of aliphatic imine (C=N–C) groups is 1. The van der Waals surface area contributed by atoms with Crippen molar-refractivity contribution >= 4 is 27.8 Å².